The van der Waals surface area contributed by atoms with Crippen LogP contribution in [0, 0.1) is 17.8 Å². The number of rotatable bonds is 5. The van der Waals surface area contributed by atoms with Crippen molar-refractivity contribution in [2.24, 2.45) is 23.5 Å². The van der Waals surface area contributed by atoms with Crippen LogP contribution in [0.4, 0.5) is 0 Å². The van der Waals surface area contributed by atoms with Gasteiger partial charge in [-0.25, -0.2) is 4.98 Å². The number of fused-ring (bicyclic) bond motifs is 3. The number of pyridine rings is 1. The number of primary amides is 1. The van der Waals surface area contributed by atoms with Crippen LogP contribution in [0.3, 0.4) is 0 Å². The van der Waals surface area contributed by atoms with E-state index < -0.39 is 0 Å². The molecule has 2 atom stereocenters. The van der Waals surface area contributed by atoms with Gasteiger partial charge in [-0.05, 0) is 55.9 Å². The van der Waals surface area contributed by atoms with Crippen LogP contribution < -0.4 is 10.5 Å². The Morgan fingerprint density at radius 3 is 2.50 bits per heavy atom. The maximum atomic E-state index is 11.7. The van der Waals surface area contributed by atoms with E-state index in [-0.39, 0.29) is 17.4 Å². The van der Waals surface area contributed by atoms with E-state index in [0.717, 1.165) is 47.7 Å². The third kappa shape index (κ3) is 2.82. The fourth-order valence-corrected chi connectivity index (χ4v) is 5.44. The highest BCUT2D eigenvalue weighted by molar-refractivity contribution is 5.80. The van der Waals surface area contributed by atoms with E-state index in [1.54, 1.807) is 7.11 Å². The number of aromatic nitrogens is 2. The van der Waals surface area contributed by atoms with Crippen LogP contribution >= 0.6 is 0 Å². The lowest BCUT2D eigenvalue weighted by molar-refractivity contribution is -0.143. The monoisotopic (exact) mass is 404 g/mol. The molecule has 30 heavy (non-hydrogen) atoms. The Kier molecular flexibility index (Phi) is 4.36. The Labute approximate surface area is 176 Å². The molecule has 1 amide bonds. The molecule has 2 bridgehead atoms. The summed E-state index contributed by atoms with van der Waals surface area (Å²) >= 11 is 0. The molecule has 0 radical (unpaired) electrons. The minimum atomic E-state index is -0.246. The maximum Gasteiger partial charge on any atom is 0.221 e. The molecule has 1 saturated carbocycles. The largest absolute Gasteiger partial charge is 0.497 e. The summed E-state index contributed by atoms with van der Waals surface area (Å²) in [6, 6.07) is 12.3. The number of imidazole rings is 1. The second-order valence-corrected chi connectivity index (χ2v) is 9.14. The van der Waals surface area contributed by atoms with Gasteiger partial charge in [0, 0.05) is 30.8 Å². The highest BCUT2D eigenvalue weighted by Gasteiger charge is 2.52. The molecule has 2 saturated heterocycles. The van der Waals surface area contributed by atoms with Crippen LogP contribution in [0.15, 0.2) is 48.8 Å². The molecule has 3 aliphatic rings. The van der Waals surface area contributed by atoms with Crippen molar-refractivity contribution in [1.82, 2.24) is 14.3 Å². The van der Waals surface area contributed by atoms with E-state index in [1.807, 2.05) is 18.3 Å². The molecule has 2 aliphatic heterocycles. The molecule has 6 heteroatoms. The Hall–Kier alpha value is -2.86. The molecule has 1 aromatic carbocycles. The van der Waals surface area contributed by atoms with E-state index in [1.165, 1.54) is 0 Å². The van der Waals surface area contributed by atoms with E-state index in [4.69, 9.17) is 15.5 Å². The number of nitrogens with zero attached hydrogens (tertiary/aromatic N) is 3. The zero-order chi connectivity index (χ0) is 21.0. The fourth-order valence-electron chi connectivity index (χ4n) is 5.44. The van der Waals surface area contributed by atoms with Gasteiger partial charge in [0.1, 0.15) is 11.6 Å². The van der Waals surface area contributed by atoms with Crippen molar-refractivity contribution in [2.75, 3.05) is 20.2 Å². The van der Waals surface area contributed by atoms with Crippen LogP contribution in [0.2, 0.25) is 0 Å². The number of nitrogens with two attached hydrogens (primary N) is 1. The van der Waals surface area contributed by atoms with Gasteiger partial charge in [0.05, 0.1) is 24.4 Å². The number of hydrogen-bond acceptors (Lipinski definition) is 4. The van der Waals surface area contributed by atoms with E-state index >= 15 is 0 Å². The van der Waals surface area contributed by atoms with Gasteiger partial charge >= 0.3 is 0 Å². The summed E-state index contributed by atoms with van der Waals surface area (Å²) in [5.41, 5.74) is 8.74. The van der Waals surface area contributed by atoms with Crippen molar-refractivity contribution < 1.29 is 9.53 Å². The first-order chi connectivity index (χ1) is 14.4. The summed E-state index contributed by atoms with van der Waals surface area (Å²) in [6.07, 6.45) is 5.17. The predicted molar refractivity (Wildman–Crippen MR) is 116 cm³/mol. The molecule has 0 spiro atoms. The van der Waals surface area contributed by atoms with Gasteiger partial charge in [0.2, 0.25) is 5.91 Å². The van der Waals surface area contributed by atoms with Crippen LogP contribution in [0.5, 0.6) is 5.75 Å². The summed E-state index contributed by atoms with van der Waals surface area (Å²) in [7, 11) is 1.68. The first kappa shape index (κ1) is 19.1. The van der Waals surface area contributed by atoms with Gasteiger partial charge in [0.25, 0.3) is 0 Å². The van der Waals surface area contributed by atoms with Gasteiger partial charge < -0.3 is 14.9 Å². The lowest BCUT2D eigenvalue weighted by Gasteiger charge is -2.56. The number of methoxy groups -OCH3 is 1. The second kappa shape index (κ2) is 6.84. The lowest BCUT2D eigenvalue weighted by atomic mass is 9.60. The van der Waals surface area contributed by atoms with Gasteiger partial charge in [0.15, 0.2) is 0 Å². The minimum absolute atomic E-state index is 0.0516. The van der Waals surface area contributed by atoms with Crippen molar-refractivity contribution in [3.63, 3.8) is 0 Å². The average Bonchev–Trinajstić information content (AvgIpc) is 3.18. The first-order valence-corrected chi connectivity index (χ1v) is 10.6. The van der Waals surface area contributed by atoms with Crippen molar-refractivity contribution in [1.29, 1.82) is 0 Å². The zero-order valence-electron chi connectivity index (χ0n) is 17.7. The Bertz CT molecular complexity index is 1090. The number of ether oxygens (including phenoxy) is 1. The molecule has 4 heterocycles. The third-order valence-corrected chi connectivity index (χ3v) is 7.17. The van der Waals surface area contributed by atoms with Gasteiger partial charge in [-0.2, -0.15) is 0 Å². The summed E-state index contributed by atoms with van der Waals surface area (Å²) in [6.45, 7) is 6.24. The Balaban J connectivity index is 1.48. The molecule has 2 unspecified atom stereocenters. The van der Waals surface area contributed by atoms with Crippen molar-refractivity contribution in [3.8, 4) is 16.9 Å². The number of piperidine rings is 2. The molecule has 6 rings (SSSR count). The van der Waals surface area contributed by atoms with Crippen LogP contribution in [0.25, 0.3) is 16.6 Å². The molecular weight excluding hydrogens is 376 g/mol. The number of amides is 1. The van der Waals surface area contributed by atoms with Gasteiger partial charge in [-0.3, -0.25) is 9.69 Å². The van der Waals surface area contributed by atoms with E-state index in [9.17, 15) is 4.79 Å². The standard InChI is InChI=1S/C24H28N4O2/c1-24(2,27-13-16-11-17(14-27)21(16)22(25)29)23-26-12-20-19(5-4-10-28(20)23)15-6-8-18(30-3)9-7-15/h4-10,12,16-17,21H,11,13-14H2,1-3H3,(H2,25,29). The molecule has 156 valence electrons. The van der Waals surface area contributed by atoms with Crippen LogP contribution in [0.1, 0.15) is 26.1 Å². The molecule has 1 aliphatic carbocycles. The summed E-state index contributed by atoms with van der Waals surface area (Å²) in [4.78, 5) is 19.1. The van der Waals surface area contributed by atoms with Gasteiger partial charge in [-0.15, -0.1) is 0 Å². The number of carbonyl (C=O) groups excluding carboxylic acids is 1. The predicted octanol–water partition coefficient (Wildman–Crippen LogP) is 3.30. The maximum absolute atomic E-state index is 11.7. The highest BCUT2D eigenvalue weighted by Crippen LogP contribution is 2.48. The molecule has 2 aromatic heterocycles. The molecule has 2 N–H and O–H groups in total. The van der Waals surface area contributed by atoms with E-state index in [0.29, 0.717) is 11.8 Å². The molecular formula is C24H28N4O2. The topological polar surface area (TPSA) is 72.9 Å². The summed E-state index contributed by atoms with van der Waals surface area (Å²) in [5, 5.41) is 0. The van der Waals surface area contributed by atoms with Crippen LogP contribution in [-0.2, 0) is 10.3 Å². The molecule has 3 fully saturated rings. The Morgan fingerprint density at radius 2 is 1.87 bits per heavy atom. The van der Waals surface area contributed by atoms with Crippen LogP contribution in [-0.4, -0.2) is 40.4 Å². The summed E-state index contributed by atoms with van der Waals surface area (Å²) < 4.78 is 7.49. The zero-order valence-corrected chi connectivity index (χ0v) is 17.7. The highest BCUT2D eigenvalue weighted by atomic mass is 16.5. The number of benzene rings is 1. The SMILES string of the molecule is COc1ccc(-c2cccn3c(C(C)(C)N4CC5CC(C4)C5C(N)=O)ncc23)cc1. The molecule has 6 nitrogen and oxygen atoms in total. The lowest BCUT2D eigenvalue weighted by Crippen LogP contribution is -2.62. The van der Waals surface area contributed by atoms with Crippen molar-refractivity contribution in [3.05, 3.63) is 54.6 Å². The number of hydrogen-bond donors (Lipinski definition) is 1. The first-order valence-electron chi connectivity index (χ1n) is 10.6. The van der Waals surface area contributed by atoms with Crippen molar-refractivity contribution >= 4 is 11.4 Å². The Morgan fingerprint density at radius 1 is 1.17 bits per heavy atom. The normalized spacial score (nSPS) is 23.9. The second-order valence-electron chi connectivity index (χ2n) is 9.14. The van der Waals surface area contributed by atoms with E-state index in [2.05, 4.69) is 53.6 Å². The van der Waals surface area contributed by atoms with Crippen molar-refractivity contribution in [2.45, 2.75) is 25.8 Å². The van der Waals surface area contributed by atoms with Gasteiger partial charge in [-0.1, -0.05) is 18.2 Å². The fraction of sp³-hybridized carbons (Fsp3) is 0.417. The number of carbonyl (C=O) groups is 1. The quantitative estimate of drug-likeness (QED) is 0.708. The molecule has 3 aromatic rings. The third-order valence-electron chi connectivity index (χ3n) is 7.17. The smallest absolute Gasteiger partial charge is 0.221 e. The minimum Gasteiger partial charge on any atom is -0.497 e. The average molecular weight is 405 g/mol. The summed E-state index contributed by atoms with van der Waals surface area (Å²) in [5.74, 6) is 2.53.